The molecule has 1 aliphatic rings. The number of nitrogens with one attached hydrogen (secondary N) is 1. The number of carbonyl (C=O) groups is 1. The van der Waals surface area contributed by atoms with Gasteiger partial charge in [-0.15, -0.1) is 0 Å². The molecule has 0 saturated carbocycles. The second-order valence-corrected chi connectivity index (χ2v) is 9.61. The van der Waals surface area contributed by atoms with Crippen molar-refractivity contribution < 1.29 is 27.1 Å². The van der Waals surface area contributed by atoms with Crippen molar-refractivity contribution in [2.24, 2.45) is 10.7 Å². The first-order valence-corrected chi connectivity index (χ1v) is 12.2. The number of benzene rings is 1. The first-order chi connectivity index (χ1) is 19.0. The molecule has 4 aromatic rings. The third-order valence-electron chi connectivity index (χ3n) is 6.39. The molecule has 5 rings (SSSR count). The van der Waals surface area contributed by atoms with E-state index < -0.39 is 29.9 Å². The summed E-state index contributed by atoms with van der Waals surface area (Å²) in [5, 5.41) is 7.70. The average molecular weight is 557 g/mol. The maximum absolute atomic E-state index is 14.4. The molecule has 0 bridgehead atoms. The lowest BCUT2D eigenvalue weighted by atomic mass is 9.84. The topological polar surface area (TPSA) is 133 Å². The Morgan fingerprint density at radius 1 is 1.15 bits per heavy atom. The van der Waals surface area contributed by atoms with Gasteiger partial charge in [0.25, 0.3) is 5.91 Å². The zero-order valence-electron chi connectivity index (χ0n) is 21.5. The van der Waals surface area contributed by atoms with Gasteiger partial charge in [-0.25, -0.2) is 29.0 Å². The van der Waals surface area contributed by atoms with E-state index in [-0.39, 0.29) is 48.6 Å². The first kappa shape index (κ1) is 27.1. The smallest absolute Gasteiger partial charge is 0.386 e. The summed E-state index contributed by atoms with van der Waals surface area (Å²) in [7, 11) is 0. The number of hydrogen-bond donors (Lipinski definition) is 2. The molecule has 10 nitrogen and oxygen atoms in total. The molecule has 0 unspecified atom stereocenters. The normalized spacial score (nSPS) is 14.3. The van der Waals surface area contributed by atoms with Crippen molar-refractivity contribution in [1.29, 1.82) is 0 Å². The summed E-state index contributed by atoms with van der Waals surface area (Å²) in [5.74, 6) is -0.624. The van der Waals surface area contributed by atoms with E-state index in [1.807, 2.05) is 0 Å². The highest BCUT2D eigenvalue weighted by Gasteiger charge is 2.40. The van der Waals surface area contributed by atoms with Crippen LogP contribution in [0.5, 0.6) is 0 Å². The number of fused-ring (bicyclic) bond motifs is 2. The number of aliphatic imine (C=N–C) groups is 1. The summed E-state index contributed by atoms with van der Waals surface area (Å²) in [6.07, 6.45) is -2.90. The fraction of sp³-hybridized carbons (Fsp3) is 0.308. The standard InChI is InChI=1S/C26H24F4N8O2/c1-25(2)17-19(23(39)33-10-11-40-13-26(28,29)30)34-21(35-20(17)36-24(25)31)18-15-7-5-9-32-22(15)38(37-18)12-14-6-3-4-8-16(14)27/h3-9H,10-13H2,1-2H3,(H,33,39)(H2,31,34,35,36). The fourth-order valence-corrected chi connectivity index (χ4v) is 4.34. The number of alkyl halides is 3. The molecule has 0 aliphatic carbocycles. The largest absolute Gasteiger partial charge is 0.411 e. The van der Waals surface area contributed by atoms with Gasteiger partial charge in [0.1, 0.15) is 29.6 Å². The van der Waals surface area contributed by atoms with Crippen molar-refractivity contribution >= 4 is 28.6 Å². The molecule has 208 valence electrons. The third kappa shape index (κ3) is 5.21. The molecule has 1 amide bonds. The molecular weight excluding hydrogens is 532 g/mol. The predicted molar refractivity (Wildman–Crippen MR) is 138 cm³/mol. The highest BCUT2D eigenvalue weighted by Crippen LogP contribution is 2.40. The van der Waals surface area contributed by atoms with E-state index in [4.69, 9.17) is 5.73 Å². The van der Waals surface area contributed by atoms with Crippen molar-refractivity contribution in [1.82, 2.24) is 30.0 Å². The van der Waals surface area contributed by atoms with Crippen LogP contribution in [-0.2, 0) is 16.7 Å². The number of hydrogen-bond acceptors (Lipinski definition) is 8. The van der Waals surface area contributed by atoms with Crippen LogP contribution in [0.2, 0.25) is 0 Å². The van der Waals surface area contributed by atoms with E-state index in [1.165, 1.54) is 10.7 Å². The Labute approximate surface area is 225 Å². The number of aromatic nitrogens is 5. The van der Waals surface area contributed by atoms with E-state index in [0.717, 1.165) is 0 Å². The summed E-state index contributed by atoms with van der Waals surface area (Å²) in [6.45, 7) is 1.62. The van der Waals surface area contributed by atoms with E-state index in [0.29, 0.717) is 22.2 Å². The van der Waals surface area contributed by atoms with Crippen molar-refractivity contribution in [3.05, 3.63) is 65.2 Å². The minimum absolute atomic E-state index is 0.0503. The predicted octanol–water partition coefficient (Wildman–Crippen LogP) is 3.66. The number of halogens is 4. The Morgan fingerprint density at radius 2 is 1.93 bits per heavy atom. The number of carbonyl (C=O) groups excluding carboxylic acids is 1. The third-order valence-corrected chi connectivity index (χ3v) is 6.39. The summed E-state index contributed by atoms with van der Waals surface area (Å²) in [4.78, 5) is 31.1. The Hall–Kier alpha value is -4.46. The minimum Gasteiger partial charge on any atom is -0.386 e. The number of pyridine rings is 1. The fourth-order valence-electron chi connectivity index (χ4n) is 4.34. The van der Waals surface area contributed by atoms with Gasteiger partial charge in [-0.2, -0.15) is 18.3 Å². The zero-order chi connectivity index (χ0) is 28.7. The first-order valence-electron chi connectivity index (χ1n) is 12.2. The number of ether oxygens (including phenoxy) is 1. The van der Waals surface area contributed by atoms with Crippen LogP contribution in [0.25, 0.3) is 22.6 Å². The number of rotatable bonds is 8. The van der Waals surface area contributed by atoms with Crippen molar-refractivity contribution in [3.8, 4) is 11.5 Å². The van der Waals surface area contributed by atoms with Crippen molar-refractivity contribution in [3.63, 3.8) is 0 Å². The molecular formula is C26H24F4N8O2. The second kappa shape index (κ2) is 10.3. The summed E-state index contributed by atoms with van der Waals surface area (Å²) in [5.41, 5.74) is 6.71. The molecule has 14 heteroatoms. The Kier molecular flexibility index (Phi) is 6.96. The molecule has 1 aromatic carbocycles. The molecule has 0 saturated heterocycles. The van der Waals surface area contributed by atoms with Crippen LogP contribution in [0, 0.1) is 5.82 Å². The molecule has 0 radical (unpaired) electrons. The van der Waals surface area contributed by atoms with Gasteiger partial charge in [0, 0.05) is 23.9 Å². The van der Waals surface area contributed by atoms with Gasteiger partial charge in [0.05, 0.1) is 24.0 Å². The zero-order valence-corrected chi connectivity index (χ0v) is 21.5. The SMILES string of the molecule is CC1(C)C(N)=Nc2nc(-c3nn(Cc4ccccc4F)c4ncccc34)nc(C(=O)NCCOCC(F)(F)F)c21. The van der Waals surface area contributed by atoms with Crippen LogP contribution in [0.15, 0.2) is 47.6 Å². The molecule has 40 heavy (non-hydrogen) atoms. The van der Waals surface area contributed by atoms with Gasteiger partial charge in [0.2, 0.25) is 0 Å². The number of amidine groups is 1. The van der Waals surface area contributed by atoms with E-state index in [1.54, 1.807) is 50.4 Å². The second-order valence-electron chi connectivity index (χ2n) is 9.61. The lowest BCUT2D eigenvalue weighted by molar-refractivity contribution is -0.173. The molecule has 4 heterocycles. The average Bonchev–Trinajstić information content (AvgIpc) is 3.37. The van der Waals surface area contributed by atoms with Crippen molar-refractivity contribution in [2.45, 2.75) is 32.0 Å². The monoisotopic (exact) mass is 556 g/mol. The number of nitrogens with two attached hydrogens (primary N) is 1. The molecule has 1 aliphatic heterocycles. The van der Waals surface area contributed by atoms with Crippen LogP contribution in [-0.4, -0.2) is 62.4 Å². The Bertz CT molecular complexity index is 1630. The lowest BCUT2D eigenvalue weighted by Gasteiger charge is -2.21. The maximum atomic E-state index is 14.4. The van der Waals surface area contributed by atoms with Crippen LogP contribution in [0.4, 0.5) is 23.4 Å². The molecule has 3 aromatic heterocycles. The highest BCUT2D eigenvalue weighted by atomic mass is 19.4. The number of nitrogens with zero attached hydrogens (tertiary/aromatic N) is 6. The Balaban J connectivity index is 1.53. The molecule has 0 fully saturated rings. The highest BCUT2D eigenvalue weighted by molar-refractivity contribution is 6.04. The Morgan fingerprint density at radius 3 is 2.67 bits per heavy atom. The summed E-state index contributed by atoms with van der Waals surface area (Å²) in [6, 6.07) is 9.73. The van der Waals surface area contributed by atoms with Gasteiger partial charge in [-0.1, -0.05) is 18.2 Å². The molecule has 3 N–H and O–H groups in total. The quantitative estimate of drug-likeness (QED) is 0.250. The van der Waals surface area contributed by atoms with Crippen LogP contribution < -0.4 is 11.1 Å². The molecule has 0 atom stereocenters. The number of amides is 1. The van der Waals surface area contributed by atoms with E-state index >= 15 is 0 Å². The summed E-state index contributed by atoms with van der Waals surface area (Å²) >= 11 is 0. The van der Waals surface area contributed by atoms with E-state index in [9.17, 15) is 22.4 Å². The van der Waals surface area contributed by atoms with Crippen LogP contribution in [0.1, 0.15) is 35.5 Å². The van der Waals surface area contributed by atoms with Gasteiger partial charge in [-0.3, -0.25) is 4.79 Å². The van der Waals surface area contributed by atoms with Crippen LogP contribution in [0.3, 0.4) is 0 Å². The van der Waals surface area contributed by atoms with Gasteiger partial charge in [-0.05, 0) is 32.0 Å². The molecule has 0 spiro atoms. The van der Waals surface area contributed by atoms with E-state index in [2.05, 4.69) is 35.1 Å². The summed E-state index contributed by atoms with van der Waals surface area (Å²) < 4.78 is 57.5. The van der Waals surface area contributed by atoms with Crippen LogP contribution >= 0.6 is 0 Å². The van der Waals surface area contributed by atoms with Gasteiger partial charge in [0.15, 0.2) is 17.3 Å². The lowest BCUT2D eigenvalue weighted by Crippen LogP contribution is -2.36. The van der Waals surface area contributed by atoms with Gasteiger partial charge < -0.3 is 15.8 Å². The van der Waals surface area contributed by atoms with Gasteiger partial charge >= 0.3 is 6.18 Å². The minimum atomic E-state index is -4.47. The maximum Gasteiger partial charge on any atom is 0.411 e. The van der Waals surface area contributed by atoms with Crippen molar-refractivity contribution in [2.75, 3.05) is 19.8 Å².